The molecule has 6 heteroatoms. The third-order valence-corrected chi connectivity index (χ3v) is 1.87. The van der Waals surface area contributed by atoms with Crippen molar-refractivity contribution in [3.8, 4) is 0 Å². The molecule has 0 fully saturated rings. The standard InChI is InChI=1S/C9H9ClN2O3/c1-15-12-8(9(13)11-14)6-2-4-7(10)5-3-6/h2-5,14H,1H3,(H,11,13)/b12-8+. The molecule has 5 nitrogen and oxygen atoms in total. The number of amides is 1. The van der Waals surface area contributed by atoms with Crippen LogP contribution >= 0.6 is 11.6 Å². The van der Waals surface area contributed by atoms with E-state index in [2.05, 4.69) is 9.99 Å². The van der Waals surface area contributed by atoms with Crippen LogP contribution in [0.2, 0.25) is 5.02 Å². The molecule has 2 N–H and O–H groups in total. The first-order valence-corrected chi connectivity index (χ1v) is 4.38. The lowest BCUT2D eigenvalue weighted by atomic mass is 10.1. The summed E-state index contributed by atoms with van der Waals surface area (Å²) in [5.41, 5.74) is 1.94. The molecule has 0 aliphatic carbocycles. The quantitative estimate of drug-likeness (QED) is 0.464. The summed E-state index contributed by atoms with van der Waals surface area (Å²) in [6.45, 7) is 0. The van der Waals surface area contributed by atoms with Gasteiger partial charge in [-0.15, -0.1) is 0 Å². The van der Waals surface area contributed by atoms with E-state index in [0.717, 1.165) is 0 Å². The number of nitrogens with zero attached hydrogens (tertiary/aromatic N) is 1. The number of carbonyl (C=O) groups is 1. The van der Waals surface area contributed by atoms with Crippen molar-refractivity contribution in [1.82, 2.24) is 5.48 Å². The van der Waals surface area contributed by atoms with E-state index in [1.54, 1.807) is 24.3 Å². The van der Waals surface area contributed by atoms with Crippen molar-refractivity contribution in [2.45, 2.75) is 0 Å². The minimum absolute atomic E-state index is 0.0309. The van der Waals surface area contributed by atoms with Crippen LogP contribution in [0.4, 0.5) is 0 Å². The lowest BCUT2D eigenvalue weighted by Gasteiger charge is -2.03. The third kappa shape index (κ3) is 2.93. The summed E-state index contributed by atoms with van der Waals surface area (Å²) < 4.78 is 0. The van der Waals surface area contributed by atoms with Gasteiger partial charge in [0.05, 0.1) is 0 Å². The molecule has 0 aromatic heterocycles. The molecule has 0 atom stereocenters. The van der Waals surface area contributed by atoms with Crippen molar-refractivity contribution in [2.24, 2.45) is 5.16 Å². The number of hydrogen-bond acceptors (Lipinski definition) is 4. The molecule has 1 aromatic carbocycles. The van der Waals surface area contributed by atoms with Gasteiger partial charge in [0.15, 0.2) is 5.71 Å². The molecule has 0 saturated heterocycles. The number of benzene rings is 1. The highest BCUT2D eigenvalue weighted by Crippen LogP contribution is 2.10. The van der Waals surface area contributed by atoms with E-state index in [1.165, 1.54) is 12.6 Å². The van der Waals surface area contributed by atoms with Crippen LogP contribution < -0.4 is 5.48 Å². The molecule has 80 valence electrons. The minimum atomic E-state index is -0.751. The van der Waals surface area contributed by atoms with Crippen LogP contribution in [0.25, 0.3) is 0 Å². The molecule has 0 bridgehead atoms. The fraction of sp³-hybridized carbons (Fsp3) is 0.111. The zero-order valence-corrected chi connectivity index (χ0v) is 8.65. The van der Waals surface area contributed by atoms with E-state index in [9.17, 15) is 4.79 Å². The highest BCUT2D eigenvalue weighted by molar-refractivity contribution is 6.45. The number of oxime groups is 1. The lowest BCUT2D eigenvalue weighted by Crippen LogP contribution is -2.29. The van der Waals surface area contributed by atoms with Gasteiger partial charge < -0.3 is 4.84 Å². The average molecular weight is 229 g/mol. The van der Waals surface area contributed by atoms with Crippen LogP contribution in [-0.2, 0) is 9.63 Å². The Morgan fingerprint density at radius 1 is 1.47 bits per heavy atom. The van der Waals surface area contributed by atoms with Crippen molar-refractivity contribution in [2.75, 3.05) is 7.11 Å². The first-order chi connectivity index (χ1) is 7.19. The Bertz CT molecular complexity index is 375. The number of hydroxylamine groups is 1. The summed E-state index contributed by atoms with van der Waals surface area (Å²) >= 11 is 5.69. The Labute approximate surface area is 91.3 Å². The number of hydrogen-bond donors (Lipinski definition) is 2. The largest absolute Gasteiger partial charge is 0.398 e. The normalized spacial score (nSPS) is 11.0. The second-order valence-corrected chi connectivity index (χ2v) is 3.01. The number of nitrogens with one attached hydrogen (secondary N) is 1. The maximum absolute atomic E-state index is 11.2. The van der Waals surface area contributed by atoms with Crippen LogP contribution in [-0.4, -0.2) is 23.9 Å². The van der Waals surface area contributed by atoms with E-state index in [4.69, 9.17) is 16.8 Å². The average Bonchev–Trinajstić information content (AvgIpc) is 2.26. The molecule has 1 aromatic rings. The Balaban J connectivity index is 3.05. The van der Waals surface area contributed by atoms with Gasteiger partial charge in [-0.25, -0.2) is 5.48 Å². The predicted molar refractivity (Wildman–Crippen MR) is 54.9 cm³/mol. The SMILES string of the molecule is CO/N=C(/C(=O)NO)c1ccc(Cl)cc1. The lowest BCUT2D eigenvalue weighted by molar-refractivity contribution is -0.122. The van der Waals surface area contributed by atoms with Gasteiger partial charge in [0.25, 0.3) is 5.91 Å². The maximum Gasteiger partial charge on any atom is 0.297 e. The van der Waals surface area contributed by atoms with Crippen LogP contribution in [0.5, 0.6) is 0 Å². The topological polar surface area (TPSA) is 70.9 Å². The van der Waals surface area contributed by atoms with Gasteiger partial charge in [-0.2, -0.15) is 0 Å². The molecule has 0 unspecified atom stereocenters. The minimum Gasteiger partial charge on any atom is -0.398 e. The molecular weight excluding hydrogens is 220 g/mol. The van der Waals surface area contributed by atoms with Gasteiger partial charge in [-0.05, 0) is 12.1 Å². The Hall–Kier alpha value is -1.59. The highest BCUT2D eigenvalue weighted by atomic mass is 35.5. The van der Waals surface area contributed by atoms with Crippen LogP contribution in [0.3, 0.4) is 0 Å². The second-order valence-electron chi connectivity index (χ2n) is 2.57. The van der Waals surface area contributed by atoms with E-state index in [1.807, 2.05) is 0 Å². The molecule has 15 heavy (non-hydrogen) atoms. The molecule has 1 rings (SSSR count). The third-order valence-electron chi connectivity index (χ3n) is 1.62. The summed E-state index contributed by atoms with van der Waals surface area (Å²) in [5, 5.41) is 12.5. The molecule has 0 spiro atoms. The van der Waals surface area contributed by atoms with E-state index in [0.29, 0.717) is 10.6 Å². The molecule has 0 aliphatic rings. The van der Waals surface area contributed by atoms with Gasteiger partial charge in [-0.1, -0.05) is 28.9 Å². The van der Waals surface area contributed by atoms with Crippen LogP contribution in [0, 0.1) is 0 Å². The highest BCUT2D eigenvalue weighted by Gasteiger charge is 2.13. The van der Waals surface area contributed by atoms with Gasteiger partial charge in [0.2, 0.25) is 0 Å². The van der Waals surface area contributed by atoms with E-state index < -0.39 is 5.91 Å². The Morgan fingerprint density at radius 2 is 2.07 bits per heavy atom. The van der Waals surface area contributed by atoms with Crippen molar-refractivity contribution in [3.05, 3.63) is 34.9 Å². The summed E-state index contributed by atoms with van der Waals surface area (Å²) in [4.78, 5) is 15.7. The van der Waals surface area contributed by atoms with Gasteiger partial charge in [0, 0.05) is 10.6 Å². The van der Waals surface area contributed by atoms with Gasteiger partial charge >= 0.3 is 0 Å². The number of halogens is 1. The molecular formula is C9H9ClN2O3. The summed E-state index contributed by atoms with van der Waals surface area (Å²) in [6.07, 6.45) is 0. The first-order valence-electron chi connectivity index (χ1n) is 4.00. The fourth-order valence-electron chi connectivity index (χ4n) is 0.977. The van der Waals surface area contributed by atoms with Crippen molar-refractivity contribution in [1.29, 1.82) is 0 Å². The Morgan fingerprint density at radius 3 is 2.53 bits per heavy atom. The Kier molecular flexibility index (Phi) is 4.08. The van der Waals surface area contributed by atoms with Gasteiger partial charge in [-0.3, -0.25) is 10.0 Å². The number of rotatable bonds is 3. The molecule has 0 heterocycles. The van der Waals surface area contributed by atoms with Crippen molar-refractivity contribution < 1.29 is 14.8 Å². The maximum atomic E-state index is 11.2. The smallest absolute Gasteiger partial charge is 0.297 e. The molecule has 0 aliphatic heterocycles. The zero-order valence-electron chi connectivity index (χ0n) is 7.90. The van der Waals surface area contributed by atoms with E-state index >= 15 is 0 Å². The fourth-order valence-corrected chi connectivity index (χ4v) is 1.10. The molecule has 0 radical (unpaired) electrons. The van der Waals surface area contributed by atoms with Crippen molar-refractivity contribution in [3.63, 3.8) is 0 Å². The zero-order chi connectivity index (χ0) is 11.3. The number of carbonyl (C=O) groups excluding carboxylic acids is 1. The van der Waals surface area contributed by atoms with Crippen LogP contribution in [0.1, 0.15) is 5.56 Å². The molecule has 0 saturated carbocycles. The van der Waals surface area contributed by atoms with Gasteiger partial charge in [0.1, 0.15) is 7.11 Å². The van der Waals surface area contributed by atoms with Crippen molar-refractivity contribution >= 4 is 23.2 Å². The predicted octanol–water partition coefficient (Wildman–Crippen LogP) is 1.20. The summed E-state index contributed by atoms with van der Waals surface area (Å²) in [7, 11) is 1.31. The second kappa shape index (κ2) is 5.33. The van der Waals surface area contributed by atoms with E-state index in [-0.39, 0.29) is 5.71 Å². The van der Waals surface area contributed by atoms with Crippen LogP contribution in [0.15, 0.2) is 29.4 Å². The monoisotopic (exact) mass is 228 g/mol. The first kappa shape index (κ1) is 11.5. The molecule has 1 amide bonds. The summed E-state index contributed by atoms with van der Waals surface area (Å²) in [6, 6.07) is 6.39. The summed E-state index contributed by atoms with van der Waals surface area (Å²) in [5.74, 6) is -0.751.